The Morgan fingerprint density at radius 3 is 2.32 bits per heavy atom. The minimum atomic E-state index is -3.16. The molecule has 3 rings (SSSR count). The number of aryl methyl sites for hydroxylation is 1. The highest BCUT2D eigenvalue weighted by Gasteiger charge is 2.06. The van der Waals surface area contributed by atoms with Crippen molar-refractivity contribution in [3.8, 4) is 5.82 Å². The second kappa shape index (κ2) is 11.2. The maximum atomic E-state index is 11.5. The molecule has 8 nitrogen and oxygen atoms in total. The van der Waals surface area contributed by atoms with Crippen LogP contribution in [0.15, 0.2) is 64.9 Å². The fraction of sp³-hybridized carbons (Fsp3) is 0.286. The average molecular weight is 554 g/mol. The number of hydrogen-bond acceptors (Lipinski definition) is 5. The van der Waals surface area contributed by atoms with Crippen molar-refractivity contribution in [1.29, 1.82) is 0 Å². The fourth-order valence-electron chi connectivity index (χ4n) is 2.92. The number of nitrogens with zero attached hydrogens (tertiary/aromatic N) is 4. The summed E-state index contributed by atoms with van der Waals surface area (Å²) in [7, 11) is -1.44. The van der Waals surface area contributed by atoms with Crippen LogP contribution in [0.25, 0.3) is 5.82 Å². The normalized spacial score (nSPS) is 11.6. The third-order valence-corrected chi connectivity index (χ3v) is 5.75. The molecule has 0 spiro atoms. The molecule has 0 atom stereocenters. The lowest BCUT2D eigenvalue weighted by Gasteiger charge is -2.12. The quantitative estimate of drug-likeness (QED) is 0.265. The minimum Gasteiger partial charge on any atom is -0.356 e. The van der Waals surface area contributed by atoms with Gasteiger partial charge in [0.2, 0.25) is 0 Å². The van der Waals surface area contributed by atoms with Crippen LogP contribution in [0, 0.1) is 6.92 Å². The molecule has 0 fully saturated rings. The predicted molar refractivity (Wildman–Crippen MR) is 133 cm³/mol. The molecule has 0 saturated heterocycles. The number of imidazole rings is 1. The van der Waals surface area contributed by atoms with Gasteiger partial charge in [-0.3, -0.25) is 9.56 Å². The summed E-state index contributed by atoms with van der Waals surface area (Å²) < 4.78 is 25.0. The molecule has 10 heteroatoms. The molecule has 0 saturated carbocycles. The van der Waals surface area contributed by atoms with E-state index in [2.05, 4.69) is 25.6 Å². The number of aromatic nitrogens is 3. The summed E-state index contributed by atoms with van der Waals surface area (Å²) in [6, 6.07) is 10.9. The third-order valence-electron chi connectivity index (χ3n) is 4.62. The third kappa shape index (κ3) is 7.03. The lowest BCUT2D eigenvalue weighted by atomic mass is 10.1. The number of pyridine rings is 1. The van der Waals surface area contributed by atoms with E-state index < -0.39 is 9.84 Å². The Morgan fingerprint density at radius 2 is 1.77 bits per heavy atom. The molecule has 0 amide bonds. The van der Waals surface area contributed by atoms with Gasteiger partial charge in [-0.25, -0.2) is 18.4 Å². The number of sulfone groups is 1. The van der Waals surface area contributed by atoms with E-state index in [9.17, 15) is 8.42 Å². The van der Waals surface area contributed by atoms with Crippen LogP contribution in [0.5, 0.6) is 0 Å². The Balaban J connectivity index is 0.00000341. The second-order valence-corrected chi connectivity index (χ2v) is 8.90. The van der Waals surface area contributed by atoms with Crippen LogP contribution in [-0.2, 0) is 22.8 Å². The Labute approximate surface area is 200 Å². The van der Waals surface area contributed by atoms with Crippen LogP contribution in [0.2, 0.25) is 0 Å². The maximum absolute atomic E-state index is 11.5. The molecule has 166 valence electrons. The highest BCUT2D eigenvalue weighted by Crippen LogP contribution is 2.11. The lowest BCUT2D eigenvalue weighted by Crippen LogP contribution is -2.37. The van der Waals surface area contributed by atoms with Gasteiger partial charge < -0.3 is 10.6 Å². The van der Waals surface area contributed by atoms with Gasteiger partial charge in [0, 0.05) is 45.0 Å². The van der Waals surface area contributed by atoms with Crippen molar-refractivity contribution in [3.05, 3.63) is 71.9 Å². The first-order valence-corrected chi connectivity index (χ1v) is 11.4. The zero-order valence-corrected chi connectivity index (χ0v) is 20.9. The van der Waals surface area contributed by atoms with E-state index in [4.69, 9.17) is 0 Å². The Kier molecular flexibility index (Phi) is 8.99. The molecule has 0 aliphatic heterocycles. The monoisotopic (exact) mass is 554 g/mol. The van der Waals surface area contributed by atoms with Gasteiger partial charge in [-0.05, 0) is 42.7 Å². The Hall–Kier alpha value is -2.47. The molecule has 0 unspecified atom stereocenters. The summed E-state index contributed by atoms with van der Waals surface area (Å²) >= 11 is 0. The first kappa shape index (κ1) is 24.8. The zero-order chi connectivity index (χ0) is 21.6. The van der Waals surface area contributed by atoms with Crippen molar-refractivity contribution in [1.82, 2.24) is 25.2 Å². The van der Waals surface area contributed by atoms with Crippen LogP contribution in [0.4, 0.5) is 0 Å². The molecule has 0 radical (unpaired) electrons. The second-order valence-electron chi connectivity index (χ2n) is 6.89. The van der Waals surface area contributed by atoms with Crippen molar-refractivity contribution < 1.29 is 8.42 Å². The fourth-order valence-corrected chi connectivity index (χ4v) is 3.55. The smallest absolute Gasteiger partial charge is 0.191 e. The van der Waals surface area contributed by atoms with Crippen LogP contribution in [0.3, 0.4) is 0 Å². The number of aliphatic imine (C=N–C) groups is 1. The van der Waals surface area contributed by atoms with E-state index in [1.807, 2.05) is 48.1 Å². The molecule has 0 aliphatic rings. The maximum Gasteiger partial charge on any atom is 0.191 e. The number of benzene rings is 1. The van der Waals surface area contributed by atoms with Crippen molar-refractivity contribution in [3.63, 3.8) is 0 Å². The standard InChI is InChI=1S/C21H26N6O2S.HI/c1-16-23-12-13-27(16)20-9-6-18(14-25-20)15-26-21(22-2)24-11-10-17-4-7-19(8-5-17)30(3,28)29;/h4-9,12-14H,10-11,15H2,1-3H3,(H2,22,24,26);1H. The first-order valence-electron chi connectivity index (χ1n) is 9.55. The number of halogens is 1. The summed E-state index contributed by atoms with van der Waals surface area (Å²) in [6.45, 7) is 3.21. The van der Waals surface area contributed by atoms with E-state index in [0.29, 0.717) is 23.9 Å². The first-order chi connectivity index (χ1) is 14.4. The van der Waals surface area contributed by atoms with E-state index in [1.165, 1.54) is 6.26 Å². The van der Waals surface area contributed by atoms with Gasteiger partial charge in [0.15, 0.2) is 15.8 Å². The van der Waals surface area contributed by atoms with E-state index in [-0.39, 0.29) is 24.0 Å². The van der Waals surface area contributed by atoms with E-state index >= 15 is 0 Å². The highest BCUT2D eigenvalue weighted by molar-refractivity contribution is 14.0. The summed E-state index contributed by atoms with van der Waals surface area (Å²) in [5.41, 5.74) is 2.09. The lowest BCUT2D eigenvalue weighted by molar-refractivity contribution is 0.602. The molecule has 2 heterocycles. The van der Waals surface area contributed by atoms with Crippen LogP contribution < -0.4 is 10.6 Å². The molecule has 1 aromatic carbocycles. The van der Waals surface area contributed by atoms with Gasteiger partial charge >= 0.3 is 0 Å². The molecule has 3 aromatic rings. The number of nitrogens with one attached hydrogen (secondary N) is 2. The van der Waals surface area contributed by atoms with Gasteiger partial charge in [-0.15, -0.1) is 24.0 Å². The van der Waals surface area contributed by atoms with E-state index in [0.717, 1.165) is 29.2 Å². The number of hydrogen-bond donors (Lipinski definition) is 2. The van der Waals surface area contributed by atoms with Crippen LogP contribution in [-0.4, -0.2) is 48.8 Å². The SMILES string of the molecule is CN=C(NCCc1ccc(S(C)(=O)=O)cc1)NCc1ccc(-n2ccnc2C)nc1.I. The van der Waals surface area contributed by atoms with Gasteiger partial charge in [-0.2, -0.15) is 0 Å². The van der Waals surface area contributed by atoms with Gasteiger partial charge in [0.25, 0.3) is 0 Å². The largest absolute Gasteiger partial charge is 0.356 e. The molecular formula is C21H27IN6O2S. The average Bonchev–Trinajstić information content (AvgIpc) is 3.16. The molecule has 0 bridgehead atoms. The summed E-state index contributed by atoms with van der Waals surface area (Å²) in [4.78, 5) is 13.3. The Morgan fingerprint density at radius 1 is 1.06 bits per heavy atom. The van der Waals surface area contributed by atoms with Crippen LogP contribution >= 0.6 is 24.0 Å². The summed E-state index contributed by atoms with van der Waals surface area (Å²) in [6.07, 6.45) is 7.43. The topological polar surface area (TPSA) is 101 Å². The van der Waals surface area contributed by atoms with Crippen molar-refractivity contribution in [2.24, 2.45) is 4.99 Å². The molecule has 0 aliphatic carbocycles. The summed E-state index contributed by atoms with van der Waals surface area (Å²) in [5.74, 6) is 2.42. The van der Waals surface area contributed by atoms with Gasteiger partial charge in [-0.1, -0.05) is 18.2 Å². The molecular weight excluding hydrogens is 527 g/mol. The number of rotatable bonds is 7. The van der Waals surface area contributed by atoms with Crippen molar-refractivity contribution in [2.45, 2.75) is 24.8 Å². The van der Waals surface area contributed by atoms with Gasteiger partial charge in [0.1, 0.15) is 11.6 Å². The predicted octanol–water partition coefficient (Wildman–Crippen LogP) is 2.50. The van der Waals surface area contributed by atoms with Crippen molar-refractivity contribution in [2.75, 3.05) is 19.8 Å². The van der Waals surface area contributed by atoms with Crippen molar-refractivity contribution >= 4 is 39.8 Å². The molecule has 2 N–H and O–H groups in total. The summed E-state index contributed by atoms with van der Waals surface area (Å²) in [5, 5.41) is 6.53. The zero-order valence-electron chi connectivity index (χ0n) is 17.7. The molecule has 31 heavy (non-hydrogen) atoms. The number of guanidine groups is 1. The van der Waals surface area contributed by atoms with Gasteiger partial charge in [0.05, 0.1) is 4.90 Å². The molecule has 2 aromatic heterocycles. The van der Waals surface area contributed by atoms with Crippen LogP contribution in [0.1, 0.15) is 17.0 Å². The highest BCUT2D eigenvalue weighted by atomic mass is 127. The minimum absolute atomic E-state index is 0. The Bertz CT molecular complexity index is 1110. The van der Waals surface area contributed by atoms with E-state index in [1.54, 1.807) is 25.4 Å².